The molecule has 3 aromatic heterocycles. The molecule has 1 saturated heterocycles. The molecule has 25 heavy (non-hydrogen) atoms. The highest BCUT2D eigenvalue weighted by Gasteiger charge is 2.19. The number of thiazole rings is 1. The molecule has 0 bridgehead atoms. The zero-order valence-corrected chi connectivity index (χ0v) is 15.0. The molecule has 0 unspecified atom stereocenters. The maximum atomic E-state index is 4.82. The van der Waals surface area contributed by atoms with Crippen molar-refractivity contribution >= 4 is 22.4 Å². The summed E-state index contributed by atoms with van der Waals surface area (Å²) < 4.78 is 0. The molecule has 1 N–H and O–H groups in total. The Kier molecular flexibility index (Phi) is 4.56. The highest BCUT2D eigenvalue weighted by molar-refractivity contribution is 7.19. The van der Waals surface area contributed by atoms with E-state index in [2.05, 4.69) is 27.1 Å². The van der Waals surface area contributed by atoms with Crippen LogP contribution in [0.5, 0.6) is 0 Å². The van der Waals surface area contributed by atoms with Gasteiger partial charge in [0.15, 0.2) is 5.13 Å². The Hall–Kier alpha value is -2.54. The van der Waals surface area contributed by atoms with Crippen LogP contribution in [-0.4, -0.2) is 39.6 Å². The van der Waals surface area contributed by atoms with Gasteiger partial charge in [0.25, 0.3) is 0 Å². The molecule has 1 aliphatic rings. The van der Waals surface area contributed by atoms with Crippen molar-refractivity contribution in [3.05, 3.63) is 36.8 Å². The molecule has 0 aromatic carbocycles. The molecule has 1 aliphatic heterocycles. The van der Waals surface area contributed by atoms with Crippen LogP contribution < -0.4 is 10.2 Å². The first-order valence-corrected chi connectivity index (χ1v) is 9.40. The van der Waals surface area contributed by atoms with E-state index in [9.17, 15) is 0 Å². The van der Waals surface area contributed by atoms with Crippen LogP contribution in [0.2, 0.25) is 0 Å². The number of rotatable bonds is 5. The molecule has 4 heterocycles. The molecule has 128 valence electrons. The van der Waals surface area contributed by atoms with Crippen LogP contribution in [0.15, 0.2) is 36.8 Å². The summed E-state index contributed by atoms with van der Waals surface area (Å²) in [5, 5.41) is 4.21. The van der Waals surface area contributed by atoms with Gasteiger partial charge in [-0.15, -0.1) is 0 Å². The minimum atomic E-state index is 0.811. The van der Waals surface area contributed by atoms with Crippen LogP contribution in [0.3, 0.4) is 0 Å². The number of nitrogens with zero attached hydrogens (tertiary/aromatic N) is 5. The monoisotopic (exact) mass is 352 g/mol. The number of hydrogen-bond donors (Lipinski definition) is 1. The maximum Gasteiger partial charge on any atom is 0.225 e. The van der Waals surface area contributed by atoms with E-state index < -0.39 is 0 Å². The van der Waals surface area contributed by atoms with E-state index >= 15 is 0 Å². The van der Waals surface area contributed by atoms with E-state index in [1.807, 2.05) is 30.6 Å². The quantitative estimate of drug-likeness (QED) is 0.755. The van der Waals surface area contributed by atoms with E-state index in [0.29, 0.717) is 0 Å². The standard InChI is InChI=1S/C18H20N6S/c1-2-20-18-23-15(13-6-5-8-19-12-13)16(25-18)14-7-9-21-17(22-14)24-10-3-4-11-24/h5-9,12H,2-4,10-11H2,1H3,(H,20,23). The smallest absolute Gasteiger partial charge is 0.225 e. The highest BCUT2D eigenvalue weighted by Crippen LogP contribution is 2.38. The van der Waals surface area contributed by atoms with Gasteiger partial charge in [-0.1, -0.05) is 11.3 Å². The summed E-state index contributed by atoms with van der Waals surface area (Å²) >= 11 is 1.62. The third-order valence-corrected chi connectivity index (χ3v) is 5.19. The summed E-state index contributed by atoms with van der Waals surface area (Å²) in [6, 6.07) is 5.92. The van der Waals surface area contributed by atoms with Crippen molar-refractivity contribution in [3.63, 3.8) is 0 Å². The summed E-state index contributed by atoms with van der Waals surface area (Å²) in [6.07, 6.45) is 7.88. The molecule has 0 saturated carbocycles. The summed E-state index contributed by atoms with van der Waals surface area (Å²) in [7, 11) is 0. The van der Waals surface area contributed by atoms with E-state index in [1.54, 1.807) is 17.5 Å². The van der Waals surface area contributed by atoms with Crippen LogP contribution in [0.25, 0.3) is 21.8 Å². The molecule has 0 spiro atoms. The largest absolute Gasteiger partial charge is 0.362 e. The first-order chi connectivity index (χ1) is 12.3. The van der Waals surface area contributed by atoms with Crippen molar-refractivity contribution in [2.45, 2.75) is 19.8 Å². The molecular weight excluding hydrogens is 332 g/mol. The number of aromatic nitrogens is 4. The predicted octanol–water partition coefficient (Wildman–Crippen LogP) is 3.69. The second-order valence-corrected chi connectivity index (χ2v) is 6.90. The number of pyridine rings is 1. The molecule has 0 amide bonds. The third-order valence-electron chi connectivity index (χ3n) is 4.15. The van der Waals surface area contributed by atoms with Gasteiger partial charge in [0.1, 0.15) is 0 Å². The van der Waals surface area contributed by atoms with Crippen molar-refractivity contribution in [1.29, 1.82) is 0 Å². The highest BCUT2D eigenvalue weighted by atomic mass is 32.1. The minimum absolute atomic E-state index is 0.811. The van der Waals surface area contributed by atoms with Gasteiger partial charge in [-0.2, -0.15) is 0 Å². The molecule has 0 radical (unpaired) electrons. The van der Waals surface area contributed by atoms with Crippen LogP contribution in [-0.2, 0) is 0 Å². The zero-order chi connectivity index (χ0) is 17.1. The fraction of sp³-hybridized carbons (Fsp3) is 0.333. The van der Waals surface area contributed by atoms with E-state index in [0.717, 1.165) is 52.5 Å². The topological polar surface area (TPSA) is 66.8 Å². The lowest BCUT2D eigenvalue weighted by atomic mass is 10.1. The molecule has 6 nitrogen and oxygen atoms in total. The van der Waals surface area contributed by atoms with Gasteiger partial charge in [-0.3, -0.25) is 4.98 Å². The maximum absolute atomic E-state index is 4.82. The van der Waals surface area contributed by atoms with Crippen LogP contribution in [0.4, 0.5) is 11.1 Å². The van der Waals surface area contributed by atoms with Gasteiger partial charge in [0, 0.05) is 43.8 Å². The molecular formula is C18H20N6S. The Morgan fingerprint density at radius 1 is 1.16 bits per heavy atom. The van der Waals surface area contributed by atoms with Gasteiger partial charge >= 0.3 is 0 Å². The van der Waals surface area contributed by atoms with Gasteiger partial charge < -0.3 is 10.2 Å². The third kappa shape index (κ3) is 3.32. The van der Waals surface area contributed by atoms with Crippen LogP contribution >= 0.6 is 11.3 Å². The minimum Gasteiger partial charge on any atom is -0.362 e. The predicted molar refractivity (Wildman–Crippen MR) is 102 cm³/mol. The van der Waals surface area contributed by atoms with E-state index in [1.165, 1.54) is 12.8 Å². The first-order valence-electron chi connectivity index (χ1n) is 8.58. The lowest BCUT2D eigenvalue weighted by molar-refractivity contribution is 0.900. The first kappa shape index (κ1) is 16.0. The lowest BCUT2D eigenvalue weighted by Crippen LogP contribution is -2.20. The van der Waals surface area contributed by atoms with E-state index in [-0.39, 0.29) is 0 Å². The van der Waals surface area contributed by atoms with Crippen molar-refractivity contribution < 1.29 is 0 Å². The van der Waals surface area contributed by atoms with Gasteiger partial charge in [-0.05, 0) is 38.0 Å². The second kappa shape index (κ2) is 7.14. The fourth-order valence-electron chi connectivity index (χ4n) is 2.96. The lowest BCUT2D eigenvalue weighted by Gasteiger charge is -2.15. The number of anilines is 2. The summed E-state index contributed by atoms with van der Waals surface area (Å²) in [5.74, 6) is 0.811. The van der Waals surface area contributed by atoms with Gasteiger partial charge in [0.2, 0.25) is 5.95 Å². The number of hydrogen-bond acceptors (Lipinski definition) is 7. The summed E-state index contributed by atoms with van der Waals surface area (Å²) in [6.45, 7) is 4.97. The van der Waals surface area contributed by atoms with Crippen molar-refractivity contribution in [3.8, 4) is 21.8 Å². The van der Waals surface area contributed by atoms with Crippen molar-refractivity contribution in [2.75, 3.05) is 29.9 Å². The molecule has 4 rings (SSSR count). The van der Waals surface area contributed by atoms with Gasteiger partial charge in [0.05, 0.1) is 16.3 Å². The second-order valence-electron chi connectivity index (χ2n) is 5.90. The Morgan fingerprint density at radius 3 is 2.80 bits per heavy atom. The Labute approximate surface area is 151 Å². The number of nitrogens with one attached hydrogen (secondary N) is 1. The Balaban J connectivity index is 1.77. The Morgan fingerprint density at radius 2 is 2.04 bits per heavy atom. The molecule has 0 atom stereocenters. The average molecular weight is 352 g/mol. The molecule has 0 aliphatic carbocycles. The Bertz CT molecular complexity index is 842. The molecule has 7 heteroatoms. The SMILES string of the molecule is CCNc1nc(-c2cccnc2)c(-c2ccnc(N3CCCC3)n2)s1. The van der Waals surface area contributed by atoms with Gasteiger partial charge in [-0.25, -0.2) is 15.0 Å². The van der Waals surface area contributed by atoms with Crippen LogP contribution in [0, 0.1) is 0 Å². The molecule has 1 fully saturated rings. The van der Waals surface area contributed by atoms with Crippen molar-refractivity contribution in [1.82, 2.24) is 19.9 Å². The molecule has 3 aromatic rings. The normalized spacial score (nSPS) is 14.0. The summed E-state index contributed by atoms with van der Waals surface area (Å²) in [5.41, 5.74) is 2.83. The van der Waals surface area contributed by atoms with Crippen LogP contribution in [0.1, 0.15) is 19.8 Å². The van der Waals surface area contributed by atoms with Crippen molar-refractivity contribution in [2.24, 2.45) is 0 Å². The van der Waals surface area contributed by atoms with E-state index in [4.69, 9.17) is 9.97 Å². The zero-order valence-electron chi connectivity index (χ0n) is 14.1. The average Bonchev–Trinajstić information content (AvgIpc) is 3.33. The summed E-state index contributed by atoms with van der Waals surface area (Å²) in [4.78, 5) is 21.6. The fourth-order valence-corrected chi connectivity index (χ4v) is 3.99.